The fourth-order valence-electron chi connectivity index (χ4n) is 2.28. The minimum atomic E-state index is -0.418. The second-order valence-corrected chi connectivity index (χ2v) is 7.12. The van der Waals surface area contributed by atoms with Gasteiger partial charge in [0.25, 0.3) is 0 Å². The molecule has 0 aromatic heterocycles. The number of ether oxygens (including phenoxy) is 1. The molecule has 0 bridgehead atoms. The Bertz CT molecular complexity index is 980. The van der Waals surface area contributed by atoms with Crippen molar-refractivity contribution in [3.8, 4) is 11.1 Å². The van der Waals surface area contributed by atoms with Gasteiger partial charge >= 0.3 is 5.97 Å². The van der Waals surface area contributed by atoms with E-state index in [4.69, 9.17) is 27.9 Å². The number of carbonyl (C=O) groups is 1. The highest BCUT2D eigenvalue weighted by Crippen LogP contribution is 2.31. The van der Waals surface area contributed by atoms with E-state index in [9.17, 15) is 13.6 Å². The maximum Gasteiger partial charge on any atom is 0.338 e. The lowest BCUT2D eigenvalue weighted by atomic mass is 9.99. The van der Waals surface area contributed by atoms with Crippen LogP contribution in [0.3, 0.4) is 0 Å². The van der Waals surface area contributed by atoms with Crippen LogP contribution in [0.1, 0.15) is 17.3 Å². The van der Waals surface area contributed by atoms with Crippen LogP contribution in [0.2, 0.25) is 10.0 Å². The quantitative estimate of drug-likeness (QED) is 0.281. The predicted octanol–water partition coefficient (Wildman–Crippen LogP) is 7.56. The summed E-state index contributed by atoms with van der Waals surface area (Å²) >= 11 is 14.7. The fraction of sp³-hybridized carbons (Fsp3) is 0.0952. The van der Waals surface area contributed by atoms with Crippen LogP contribution >= 0.6 is 39.1 Å². The van der Waals surface area contributed by atoms with Gasteiger partial charge in [0.05, 0.1) is 22.2 Å². The molecule has 0 aliphatic heterocycles. The van der Waals surface area contributed by atoms with Crippen molar-refractivity contribution < 1.29 is 18.3 Å². The standard InChI is InChI=1S/C15H12ClFO2.C6H3BrClF/c1-2-19-15(18)13-6-4-3-5-11(13)12-8-7-10(17)9-14(12)16;7-5-2-1-4(9)3-6(5)8/h3-9H,2H2,1H3;1-3H. The highest BCUT2D eigenvalue weighted by molar-refractivity contribution is 9.10. The first-order valence-corrected chi connectivity index (χ1v) is 9.70. The van der Waals surface area contributed by atoms with Gasteiger partial charge in [-0.2, -0.15) is 0 Å². The van der Waals surface area contributed by atoms with E-state index < -0.39 is 11.8 Å². The van der Waals surface area contributed by atoms with Gasteiger partial charge in [-0.1, -0.05) is 41.4 Å². The van der Waals surface area contributed by atoms with Gasteiger partial charge < -0.3 is 4.74 Å². The Balaban J connectivity index is 0.000000261. The normalized spacial score (nSPS) is 10.1. The average molecular weight is 488 g/mol. The summed E-state index contributed by atoms with van der Waals surface area (Å²) < 4.78 is 31.0. The molecular weight excluding hydrogens is 473 g/mol. The first kappa shape index (κ1) is 22.3. The summed E-state index contributed by atoms with van der Waals surface area (Å²) in [4.78, 5) is 11.9. The Kier molecular flexibility index (Phi) is 8.42. The van der Waals surface area contributed by atoms with Crippen LogP contribution in [-0.4, -0.2) is 12.6 Å². The number of hydrogen-bond donors (Lipinski definition) is 0. The highest BCUT2D eigenvalue weighted by Gasteiger charge is 2.15. The Morgan fingerprint density at radius 1 is 0.929 bits per heavy atom. The predicted molar refractivity (Wildman–Crippen MR) is 112 cm³/mol. The van der Waals surface area contributed by atoms with Crippen LogP contribution in [0.15, 0.2) is 65.1 Å². The fourth-order valence-corrected chi connectivity index (χ4v) is 2.97. The summed E-state index contributed by atoms with van der Waals surface area (Å²) in [6.45, 7) is 2.04. The zero-order valence-electron chi connectivity index (χ0n) is 14.7. The van der Waals surface area contributed by atoms with Gasteiger partial charge in [-0.05, 0) is 70.9 Å². The molecule has 0 N–H and O–H groups in total. The summed E-state index contributed by atoms with van der Waals surface area (Å²) in [6, 6.07) is 15.2. The van der Waals surface area contributed by atoms with E-state index in [2.05, 4.69) is 15.9 Å². The van der Waals surface area contributed by atoms with Crippen molar-refractivity contribution in [2.24, 2.45) is 0 Å². The third-order valence-corrected chi connectivity index (χ3v) is 5.07. The Hall–Kier alpha value is -1.95. The summed E-state index contributed by atoms with van der Waals surface area (Å²) in [5.74, 6) is -1.15. The van der Waals surface area contributed by atoms with Gasteiger partial charge in [0, 0.05) is 10.0 Å². The van der Waals surface area contributed by atoms with Crippen molar-refractivity contribution in [2.45, 2.75) is 6.92 Å². The van der Waals surface area contributed by atoms with E-state index >= 15 is 0 Å². The van der Waals surface area contributed by atoms with Gasteiger partial charge in [0.2, 0.25) is 0 Å². The van der Waals surface area contributed by atoms with Crippen LogP contribution < -0.4 is 0 Å². The van der Waals surface area contributed by atoms with Crippen LogP contribution in [0.25, 0.3) is 11.1 Å². The third-order valence-electron chi connectivity index (χ3n) is 3.53. The van der Waals surface area contributed by atoms with Crippen molar-refractivity contribution in [3.05, 3.63) is 92.4 Å². The summed E-state index contributed by atoms with van der Waals surface area (Å²) in [7, 11) is 0. The first-order valence-electron chi connectivity index (χ1n) is 8.15. The summed E-state index contributed by atoms with van der Waals surface area (Å²) in [5, 5.41) is 0.659. The largest absolute Gasteiger partial charge is 0.462 e. The highest BCUT2D eigenvalue weighted by atomic mass is 79.9. The van der Waals surface area contributed by atoms with E-state index in [1.54, 1.807) is 43.3 Å². The average Bonchev–Trinajstić information content (AvgIpc) is 2.66. The minimum absolute atomic E-state index is 0.261. The Morgan fingerprint density at radius 3 is 2.11 bits per heavy atom. The topological polar surface area (TPSA) is 26.3 Å². The first-order chi connectivity index (χ1) is 13.3. The molecule has 0 amide bonds. The van der Waals surface area contributed by atoms with Crippen LogP contribution in [-0.2, 0) is 4.74 Å². The molecule has 3 aromatic rings. The molecule has 3 aromatic carbocycles. The number of esters is 1. The molecule has 0 saturated heterocycles. The summed E-state index contributed by atoms with van der Waals surface area (Å²) in [6.07, 6.45) is 0. The molecule has 0 unspecified atom stereocenters. The third kappa shape index (κ3) is 6.03. The molecule has 0 atom stereocenters. The lowest BCUT2D eigenvalue weighted by Crippen LogP contribution is -2.06. The van der Waals surface area contributed by atoms with E-state index in [0.717, 1.165) is 0 Å². The van der Waals surface area contributed by atoms with Crippen molar-refractivity contribution in [2.75, 3.05) is 6.61 Å². The van der Waals surface area contributed by atoms with E-state index in [1.807, 2.05) is 0 Å². The minimum Gasteiger partial charge on any atom is -0.462 e. The molecule has 0 saturated carbocycles. The van der Waals surface area contributed by atoms with Crippen LogP contribution in [0, 0.1) is 11.6 Å². The van der Waals surface area contributed by atoms with Gasteiger partial charge in [-0.25, -0.2) is 13.6 Å². The number of hydrogen-bond acceptors (Lipinski definition) is 2. The monoisotopic (exact) mass is 486 g/mol. The zero-order chi connectivity index (χ0) is 20.7. The maximum atomic E-state index is 13.1. The van der Waals surface area contributed by atoms with E-state index in [-0.39, 0.29) is 10.8 Å². The molecule has 0 heterocycles. The molecule has 0 fully saturated rings. The number of halogens is 5. The molecule has 7 heteroatoms. The van der Waals surface area contributed by atoms with Crippen molar-refractivity contribution in [3.63, 3.8) is 0 Å². The maximum absolute atomic E-state index is 13.1. The lowest BCUT2D eigenvalue weighted by Gasteiger charge is -2.10. The molecule has 2 nitrogen and oxygen atoms in total. The van der Waals surface area contributed by atoms with Gasteiger partial charge in [-0.3, -0.25) is 0 Å². The van der Waals surface area contributed by atoms with Crippen LogP contribution in [0.4, 0.5) is 8.78 Å². The van der Waals surface area contributed by atoms with Gasteiger partial charge in [-0.15, -0.1) is 0 Å². The Labute approximate surface area is 180 Å². The molecular formula is C21H15BrCl2F2O2. The zero-order valence-corrected chi connectivity index (χ0v) is 17.8. The second-order valence-electron chi connectivity index (χ2n) is 5.45. The number of rotatable bonds is 3. The molecule has 3 rings (SSSR count). The smallest absolute Gasteiger partial charge is 0.338 e. The molecule has 28 heavy (non-hydrogen) atoms. The van der Waals surface area contributed by atoms with E-state index in [0.29, 0.717) is 32.8 Å². The van der Waals surface area contributed by atoms with Crippen molar-refractivity contribution >= 4 is 45.1 Å². The van der Waals surface area contributed by atoms with Crippen molar-refractivity contribution in [1.29, 1.82) is 0 Å². The Morgan fingerprint density at radius 2 is 1.54 bits per heavy atom. The summed E-state index contributed by atoms with van der Waals surface area (Å²) in [5.41, 5.74) is 1.65. The molecule has 0 radical (unpaired) electrons. The molecule has 0 aliphatic carbocycles. The van der Waals surface area contributed by atoms with Gasteiger partial charge in [0.15, 0.2) is 0 Å². The second kappa shape index (κ2) is 10.6. The van der Waals surface area contributed by atoms with Gasteiger partial charge in [0.1, 0.15) is 11.6 Å². The molecule has 0 aliphatic rings. The van der Waals surface area contributed by atoms with E-state index in [1.165, 1.54) is 24.3 Å². The molecule has 146 valence electrons. The van der Waals surface area contributed by atoms with Crippen molar-refractivity contribution in [1.82, 2.24) is 0 Å². The number of benzene rings is 3. The SMILES string of the molecule is CCOC(=O)c1ccccc1-c1ccc(F)cc1Cl.Fc1ccc(Br)c(Cl)c1. The number of carbonyl (C=O) groups excluding carboxylic acids is 1. The molecule has 0 spiro atoms. The lowest BCUT2D eigenvalue weighted by molar-refractivity contribution is 0.0527. The van der Waals surface area contributed by atoms with Crippen LogP contribution in [0.5, 0.6) is 0 Å².